The second kappa shape index (κ2) is 8.76. The molecule has 1 N–H and O–H groups in total. The van der Waals surface area contributed by atoms with Gasteiger partial charge in [0, 0.05) is 25.2 Å². The third-order valence-corrected chi connectivity index (χ3v) is 6.95. The van der Waals surface area contributed by atoms with Crippen LogP contribution in [0.1, 0.15) is 34.3 Å². The van der Waals surface area contributed by atoms with E-state index in [0.717, 1.165) is 24.0 Å². The number of carbonyl (C=O) groups excluding carboxylic acids is 1. The molecule has 8 nitrogen and oxygen atoms in total. The largest absolute Gasteiger partial charge is 0.348 e. The number of sulfonamides is 1. The van der Waals surface area contributed by atoms with E-state index in [4.69, 9.17) is 0 Å². The van der Waals surface area contributed by atoms with Gasteiger partial charge in [-0.05, 0) is 42.2 Å². The SMILES string of the molecule is O=C(NCc1cccc(Cn2cncn2)c1)c1cccc(S(=O)(=O)N2CCCC2)c1. The zero-order chi connectivity index (χ0) is 21.0. The highest BCUT2D eigenvalue weighted by Gasteiger charge is 2.27. The first-order valence-corrected chi connectivity index (χ1v) is 11.2. The van der Waals surface area contributed by atoms with E-state index in [1.165, 1.54) is 22.8 Å². The van der Waals surface area contributed by atoms with Crippen LogP contribution in [0.3, 0.4) is 0 Å². The summed E-state index contributed by atoms with van der Waals surface area (Å²) in [4.78, 5) is 16.7. The number of benzene rings is 2. The Morgan fingerprint density at radius 1 is 1.03 bits per heavy atom. The highest BCUT2D eigenvalue weighted by atomic mass is 32.2. The molecule has 0 radical (unpaired) electrons. The van der Waals surface area contributed by atoms with Crippen LogP contribution < -0.4 is 5.32 Å². The average molecular weight is 426 g/mol. The number of amides is 1. The van der Waals surface area contributed by atoms with Crippen LogP contribution in [0, 0.1) is 0 Å². The van der Waals surface area contributed by atoms with E-state index in [2.05, 4.69) is 15.4 Å². The number of rotatable bonds is 7. The fourth-order valence-corrected chi connectivity index (χ4v) is 5.06. The highest BCUT2D eigenvalue weighted by molar-refractivity contribution is 7.89. The van der Waals surface area contributed by atoms with Crippen molar-refractivity contribution in [3.63, 3.8) is 0 Å². The Morgan fingerprint density at radius 3 is 2.57 bits per heavy atom. The first-order chi connectivity index (χ1) is 14.5. The predicted molar refractivity (Wildman–Crippen MR) is 111 cm³/mol. The summed E-state index contributed by atoms with van der Waals surface area (Å²) in [6.45, 7) is 2.00. The molecule has 1 amide bonds. The Labute approximate surface area is 175 Å². The van der Waals surface area contributed by atoms with Crippen molar-refractivity contribution in [1.82, 2.24) is 24.4 Å². The Bertz CT molecular complexity index is 1120. The second-order valence-electron chi connectivity index (χ2n) is 7.23. The molecule has 1 saturated heterocycles. The average Bonchev–Trinajstić information content (AvgIpc) is 3.47. The molecule has 30 heavy (non-hydrogen) atoms. The summed E-state index contributed by atoms with van der Waals surface area (Å²) >= 11 is 0. The third-order valence-electron chi connectivity index (χ3n) is 5.05. The van der Waals surface area contributed by atoms with Crippen molar-refractivity contribution in [2.24, 2.45) is 0 Å². The van der Waals surface area contributed by atoms with Gasteiger partial charge in [-0.2, -0.15) is 9.40 Å². The van der Waals surface area contributed by atoms with Gasteiger partial charge in [0.1, 0.15) is 12.7 Å². The summed E-state index contributed by atoms with van der Waals surface area (Å²) in [6, 6.07) is 14.1. The van der Waals surface area contributed by atoms with E-state index < -0.39 is 10.0 Å². The van der Waals surface area contributed by atoms with Crippen LogP contribution in [-0.4, -0.2) is 46.5 Å². The Morgan fingerprint density at radius 2 is 1.80 bits per heavy atom. The van der Waals surface area contributed by atoms with Crippen LogP contribution in [0.5, 0.6) is 0 Å². The minimum Gasteiger partial charge on any atom is -0.348 e. The van der Waals surface area contributed by atoms with Gasteiger partial charge in [0.2, 0.25) is 10.0 Å². The zero-order valence-electron chi connectivity index (χ0n) is 16.4. The molecular weight excluding hydrogens is 402 g/mol. The van der Waals surface area contributed by atoms with Crippen molar-refractivity contribution in [1.29, 1.82) is 0 Å². The maximum absolute atomic E-state index is 12.7. The molecule has 0 aliphatic carbocycles. The quantitative estimate of drug-likeness (QED) is 0.625. The van der Waals surface area contributed by atoms with Crippen LogP contribution in [-0.2, 0) is 23.1 Å². The Kier molecular flexibility index (Phi) is 5.91. The summed E-state index contributed by atoms with van der Waals surface area (Å²) in [5.41, 5.74) is 2.32. The van der Waals surface area contributed by atoms with E-state index in [1.54, 1.807) is 23.1 Å². The van der Waals surface area contributed by atoms with Crippen molar-refractivity contribution in [3.8, 4) is 0 Å². The lowest BCUT2D eigenvalue weighted by molar-refractivity contribution is 0.0950. The number of hydrogen-bond donors (Lipinski definition) is 1. The summed E-state index contributed by atoms with van der Waals surface area (Å²) in [6.07, 6.45) is 4.88. The molecule has 1 aliphatic heterocycles. The maximum Gasteiger partial charge on any atom is 0.251 e. The van der Waals surface area contributed by atoms with Gasteiger partial charge in [-0.25, -0.2) is 18.1 Å². The molecule has 156 valence electrons. The van der Waals surface area contributed by atoms with Gasteiger partial charge in [-0.15, -0.1) is 0 Å². The topological polar surface area (TPSA) is 97.2 Å². The predicted octanol–water partition coefficient (Wildman–Crippen LogP) is 2.04. The molecule has 1 aliphatic rings. The molecule has 0 unspecified atom stereocenters. The first kappa shape index (κ1) is 20.2. The molecule has 2 heterocycles. The number of hydrogen-bond acceptors (Lipinski definition) is 5. The number of nitrogens with zero attached hydrogens (tertiary/aromatic N) is 4. The van der Waals surface area contributed by atoms with Gasteiger partial charge in [0.25, 0.3) is 5.91 Å². The minimum absolute atomic E-state index is 0.159. The molecule has 9 heteroatoms. The molecule has 3 aromatic rings. The van der Waals surface area contributed by atoms with Crippen LogP contribution in [0.2, 0.25) is 0 Å². The van der Waals surface area contributed by atoms with Crippen LogP contribution in [0.15, 0.2) is 66.1 Å². The van der Waals surface area contributed by atoms with E-state index in [9.17, 15) is 13.2 Å². The molecule has 0 bridgehead atoms. The summed E-state index contributed by atoms with van der Waals surface area (Å²) < 4.78 is 28.7. The van der Waals surface area contributed by atoms with Crippen LogP contribution in [0.4, 0.5) is 0 Å². The molecule has 0 atom stereocenters. The lowest BCUT2D eigenvalue weighted by Gasteiger charge is -2.16. The Hall–Kier alpha value is -3.04. The normalized spacial score (nSPS) is 14.7. The van der Waals surface area contributed by atoms with Gasteiger partial charge in [0.15, 0.2) is 0 Å². The summed E-state index contributed by atoms with van der Waals surface area (Å²) in [5.74, 6) is -0.310. The van der Waals surface area contributed by atoms with Crippen molar-refractivity contribution in [3.05, 3.63) is 77.9 Å². The molecule has 2 aromatic carbocycles. The lowest BCUT2D eigenvalue weighted by Crippen LogP contribution is -2.28. The van der Waals surface area contributed by atoms with Crippen LogP contribution in [0.25, 0.3) is 0 Å². The fraction of sp³-hybridized carbons (Fsp3) is 0.286. The van der Waals surface area contributed by atoms with Crippen molar-refractivity contribution < 1.29 is 13.2 Å². The number of nitrogens with one attached hydrogen (secondary N) is 1. The molecule has 1 fully saturated rings. The van der Waals surface area contributed by atoms with Gasteiger partial charge < -0.3 is 5.32 Å². The first-order valence-electron chi connectivity index (χ1n) is 9.81. The minimum atomic E-state index is -3.55. The Balaban J connectivity index is 1.42. The van der Waals surface area contributed by atoms with E-state index in [0.29, 0.717) is 31.7 Å². The van der Waals surface area contributed by atoms with Crippen molar-refractivity contribution in [2.75, 3.05) is 13.1 Å². The number of aromatic nitrogens is 3. The molecule has 0 spiro atoms. The second-order valence-corrected chi connectivity index (χ2v) is 9.17. The summed E-state index contributed by atoms with van der Waals surface area (Å²) in [7, 11) is -3.55. The van der Waals surface area contributed by atoms with Crippen molar-refractivity contribution in [2.45, 2.75) is 30.8 Å². The van der Waals surface area contributed by atoms with Gasteiger partial charge in [-0.3, -0.25) is 4.79 Å². The molecule has 0 saturated carbocycles. The van der Waals surface area contributed by atoms with Gasteiger partial charge in [-0.1, -0.05) is 30.3 Å². The van der Waals surface area contributed by atoms with Crippen molar-refractivity contribution >= 4 is 15.9 Å². The van der Waals surface area contributed by atoms with E-state index in [-0.39, 0.29) is 10.8 Å². The standard InChI is InChI=1S/C21H23N5O3S/c27-21(19-7-4-8-20(12-19)30(28,29)26-9-1-2-10-26)23-13-17-5-3-6-18(11-17)14-25-16-22-15-24-25/h3-8,11-12,15-16H,1-2,9-10,13-14H2,(H,23,27). The highest BCUT2D eigenvalue weighted by Crippen LogP contribution is 2.21. The molecule has 4 rings (SSSR count). The lowest BCUT2D eigenvalue weighted by atomic mass is 10.1. The van der Waals surface area contributed by atoms with Crippen LogP contribution >= 0.6 is 0 Å². The fourth-order valence-electron chi connectivity index (χ4n) is 3.50. The monoisotopic (exact) mass is 425 g/mol. The van der Waals surface area contributed by atoms with E-state index >= 15 is 0 Å². The third kappa shape index (κ3) is 4.58. The number of carbonyl (C=O) groups is 1. The molecular formula is C21H23N5O3S. The zero-order valence-corrected chi connectivity index (χ0v) is 17.3. The van der Waals surface area contributed by atoms with Gasteiger partial charge in [0.05, 0.1) is 11.4 Å². The van der Waals surface area contributed by atoms with E-state index in [1.807, 2.05) is 24.3 Å². The van der Waals surface area contributed by atoms with Gasteiger partial charge >= 0.3 is 0 Å². The molecule has 1 aromatic heterocycles. The smallest absolute Gasteiger partial charge is 0.251 e. The summed E-state index contributed by atoms with van der Waals surface area (Å²) in [5, 5.41) is 6.96. The maximum atomic E-state index is 12.7.